The number of nitrogens with one attached hydrogen (secondary N) is 1. The number of hydrogen-bond acceptors (Lipinski definition) is 6. The average Bonchev–Trinajstić information content (AvgIpc) is 3.26. The van der Waals surface area contributed by atoms with Crippen LogP contribution in [-0.4, -0.2) is 78.1 Å². The van der Waals surface area contributed by atoms with Crippen LogP contribution in [0.2, 0.25) is 0 Å². The van der Waals surface area contributed by atoms with E-state index in [9.17, 15) is 19.8 Å². The van der Waals surface area contributed by atoms with E-state index < -0.39 is 24.2 Å². The first-order chi connectivity index (χ1) is 17.0. The SMILES string of the molecule is C=CCCCCC(=O)N(CCCOCC)C1C=C(C(=O)NCCO)C2c3ccccc3OC2C1O. The Labute approximate surface area is 207 Å². The summed E-state index contributed by atoms with van der Waals surface area (Å²) in [4.78, 5) is 28.1. The van der Waals surface area contributed by atoms with E-state index in [-0.39, 0.29) is 25.0 Å². The molecule has 0 saturated heterocycles. The quantitative estimate of drug-likeness (QED) is 0.275. The maximum absolute atomic E-state index is 13.3. The van der Waals surface area contributed by atoms with Crippen LogP contribution in [0.15, 0.2) is 48.6 Å². The number of ether oxygens (including phenoxy) is 2. The van der Waals surface area contributed by atoms with Crippen LogP contribution in [0.5, 0.6) is 5.75 Å². The van der Waals surface area contributed by atoms with Gasteiger partial charge in [0.25, 0.3) is 0 Å². The molecule has 3 rings (SSSR count). The van der Waals surface area contributed by atoms with Gasteiger partial charge >= 0.3 is 0 Å². The normalized spacial score (nSPS) is 22.4. The molecule has 3 N–H and O–H groups in total. The number of fused-ring (bicyclic) bond motifs is 3. The van der Waals surface area contributed by atoms with Gasteiger partial charge in [0.15, 0.2) is 0 Å². The van der Waals surface area contributed by atoms with Crippen molar-refractivity contribution in [3.8, 4) is 5.75 Å². The molecule has 0 spiro atoms. The fourth-order valence-electron chi connectivity index (χ4n) is 4.82. The average molecular weight is 487 g/mol. The molecule has 0 aromatic heterocycles. The molecule has 8 heteroatoms. The number of nitrogens with zero attached hydrogens (tertiary/aromatic N) is 1. The van der Waals surface area contributed by atoms with E-state index in [0.29, 0.717) is 43.9 Å². The lowest BCUT2D eigenvalue weighted by Crippen LogP contribution is -2.56. The van der Waals surface area contributed by atoms with Crippen LogP contribution < -0.4 is 10.1 Å². The molecule has 0 bridgehead atoms. The van der Waals surface area contributed by atoms with Gasteiger partial charge in [0.2, 0.25) is 11.8 Å². The molecule has 4 unspecified atom stereocenters. The Morgan fingerprint density at radius 2 is 2.06 bits per heavy atom. The van der Waals surface area contributed by atoms with Crippen molar-refractivity contribution in [1.82, 2.24) is 10.2 Å². The van der Waals surface area contributed by atoms with Crippen LogP contribution in [0, 0.1) is 0 Å². The molecule has 1 aromatic rings. The van der Waals surface area contributed by atoms with Gasteiger partial charge < -0.3 is 29.9 Å². The Balaban J connectivity index is 1.91. The molecule has 0 saturated carbocycles. The minimum Gasteiger partial charge on any atom is -0.486 e. The fourth-order valence-corrected chi connectivity index (χ4v) is 4.82. The summed E-state index contributed by atoms with van der Waals surface area (Å²) in [5.41, 5.74) is 1.28. The van der Waals surface area contributed by atoms with E-state index in [1.807, 2.05) is 37.3 Å². The van der Waals surface area contributed by atoms with Crippen molar-refractivity contribution in [2.24, 2.45) is 0 Å². The number of allylic oxidation sites excluding steroid dienone is 1. The number of hydrogen-bond donors (Lipinski definition) is 3. The second-order valence-electron chi connectivity index (χ2n) is 8.85. The number of amides is 2. The third kappa shape index (κ3) is 6.51. The highest BCUT2D eigenvalue weighted by Crippen LogP contribution is 2.47. The van der Waals surface area contributed by atoms with E-state index in [1.165, 1.54) is 0 Å². The fraction of sp³-hybridized carbons (Fsp3) is 0.556. The summed E-state index contributed by atoms with van der Waals surface area (Å²) in [6, 6.07) is 6.73. The third-order valence-electron chi connectivity index (χ3n) is 6.50. The van der Waals surface area contributed by atoms with Crippen molar-refractivity contribution in [3.63, 3.8) is 0 Å². The smallest absolute Gasteiger partial charge is 0.247 e. The first-order valence-corrected chi connectivity index (χ1v) is 12.6. The molecular weight excluding hydrogens is 448 g/mol. The standard InChI is InChI=1S/C27H38N2O6/c1-3-5-6-7-13-23(31)29(15-10-17-34-4-2)21-18-20(27(33)28-14-16-30)24-19-11-8-9-12-22(19)35-26(24)25(21)32/h3,8-9,11-12,18,21,24-26,30,32H,1,4-7,10,13-17H2,2H3,(H,28,33). The van der Waals surface area contributed by atoms with E-state index in [1.54, 1.807) is 11.0 Å². The van der Waals surface area contributed by atoms with Gasteiger partial charge in [0.05, 0.1) is 18.6 Å². The molecule has 2 aliphatic rings. The second kappa shape index (κ2) is 13.4. The van der Waals surface area contributed by atoms with Crippen LogP contribution in [0.1, 0.15) is 50.5 Å². The van der Waals surface area contributed by atoms with E-state index in [4.69, 9.17) is 9.47 Å². The Bertz CT molecular complexity index is 901. The number of carbonyl (C=O) groups is 2. The minimum atomic E-state index is -1.01. The number of carbonyl (C=O) groups excluding carboxylic acids is 2. The van der Waals surface area contributed by atoms with Crippen LogP contribution in [-0.2, 0) is 14.3 Å². The van der Waals surface area contributed by atoms with Crippen molar-refractivity contribution < 1.29 is 29.3 Å². The molecule has 1 aliphatic carbocycles. The summed E-state index contributed by atoms with van der Waals surface area (Å²) in [5, 5.41) is 23.4. The van der Waals surface area contributed by atoms with Gasteiger partial charge in [-0.15, -0.1) is 6.58 Å². The zero-order valence-corrected chi connectivity index (χ0v) is 20.5. The molecule has 4 atom stereocenters. The molecule has 8 nitrogen and oxygen atoms in total. The van der Waals surface area contributed by atoms with Crippen molar-refractivity contribution in [2.75, 3.05) is 32.9 Å². The highest BCUT2D eigenvalue weighted by atomic mass is 16.5. The molecule has 1 aromatic carbocycles. The van der Waals surface area contributed by atoms with Crippen LogP contribution in [0.3, 0.4) is 0 Å². The van der Waals surface area contributed by atoms with Gasteiger partial charge in [-0.3, -0.25) is 9.59 Å². The molecule has 1 aliphatic heterocycles. The van der Waals surface area contributed by atoms with Crippen molar-refractivity contribution in [1.29, 1.82) is 0 Å². The van der Waals surface area contributed by atoms with Crippen LogP contribution in [0.4, 0.5) is 0 Å². The number of benzene rings is 1. The first-order valence-electron chi connectivity index (χ1n) is 12.6. The predicted molar refractivity (Wildman–Crippen MR) is 133 cm³/mol. The molecule has 1 heterocycles. The van der Waals surface area contributed by atoms with Gasteiger partial charge in [0.1, 0.15) is 18.0 Å². The van der Waals surface area contributed by atoms with Gasteiger partial charge in [-0.2, -0.15) is 0 Å². The number of unbranched alkanes of at least 4 members (excludes halogenated alkanes) is 2. The maximum Gasteiger partial charge on any atom is 0.247 e. The van der Waals surface area contributed by atoms with Crippen LogP contribution >= 0.6 is 0 Å². The summed E-state index contributed by atoms with van der Waals surface area (Å²) < 4.78 is 11.6. The summed E-state index contributed by atoms with van der Waals surface area (Å²) >= 11 is 0. The van der Waals surface area contributed by atoms with Crippen molar-refractivity contribution in [3.05, 3.63) is 54.1 Å². The highest BCUT2D eigenvalue weighted by Gasteiger charge is 2.50. The number of aliphatic hydroxyl groups is 2. The van der Waals surface area contributed by atoms with E-state index in [0.717, 1.165) is 24.8 Å². The lowest BCUT2D eigenvalue weighted by atomic mass is 9.77. The summed E-state index contributed by atoms with van der Waals surface area (Å²) in [6.45, 7) is 7.07. The number of rotatable bonds is 14. The molecule has 35 heavy (non-hydrogen) atoms. The van der Waals surface area contributed by atoms with Crippen LogP contribution in [0.25, 0.3) is 0 Å². The van der Waals surface area contributed by atoms with Gasteiger partial charge in [-0.05, 0) is 44.7 Å². The Hall–Kier alpha value is -2.68. The zero-order valence-electron chi connectivity index (χ0n) is 20.5. The lowest BCUT2D eigenvalue weighted by Gasteiger charge is -2.41. The summed E-state index contributed by atoms with van der Waals surface area (Å²) in [5.74, 6) is -0.236. The molecule has 192 valence electrons. The second-order valence-corrected chi connectivity index (χ2v) is 8.85. The van der Waals surface area contributed by atoms with Crippen molar-refractivity contribution >= 4 is 11.8 Å². The Morgan fingerprint density at radius 3 is 2.80 bits per heavy atom. The number of para-hydroxylation sites is 1. The molecule has 0 fully saturated rings. The van der Waals surface area contributed by atoms with Crippen molar-refractivity contribution in [2.45, 2.75) is 63.2 Å². The van der Waals surface area contributed by atoms with Gasteiger partial charge in [-0.25, -0.2) is 0 Å². The molecule has 0 radical (unpaired) electrons. The Morgan fingerprint density at radius 1 is 1.26 bits per heavy atom. The zero-order chi connectivity index (χ0) is 25.2. The Kier molecular flexibility index (Phi) is 10.3. The summed E-state index contributed by atoms with van der Waals surface area (Å²) in [7, 11) is 0. The third-order valence-corrected chi connectivity index (χ3v) is 6.50. The highest BCUT2D eigenvalue weighted by molar-refractivity contribution is 5.96. The van der Waals surface area contributed by atoms with Gasteiger partial charge in [0, 0.05) is 43.9 Å². The first kappa shape index (κ1) is 26.9. The largest absolute Gasteiger partial charge is 0.486 e. The van der Waals surface area contributed by atoms with E-state index >= 15 is 0 Å². The monoisotopic (exact) mass is 486 g/mol. The minimum absolute atomic E-state index is 0.0741. The lowest BCUT2D eigenvalue weighted by molar-refractivity contribution is -0.137. The topological polar surface area (TPSA) is 108 Å². The van der Waals surface area contributed by atoms with E-state index in [2.05, 4.69) is 11.9 Å². The summed E-state index contributed by atoms with van der Waals surface area (Å²) in [6.07, 6.45) is 5.24. The maximum atomic E-state index is 13.3. The molecule has 2 amide bonds. The van der Waals surface area contributed by atoms with Gasteiger partial charge in [-0.1, -0.05) is 24.3 Å². The number of aliphatic hydroxyl groups excluding tert-OH is 2. The molecular formula is C27H38N2O6. The predicted octanol–water partition coefficient (Wildman–Crippen LogP) is 2.31.